The fourth-order valence-electron chi connectivity index (χ4n) is 3.85. The van der Waals surface area contributed by atoms with E-state index in [-0.39, 0.29) is 12.2 Å². The van der Waals surface area contributed by atoms with Gasteiger partial charge >= 0.3 is 0 Å². The topological polar surface area (TPSA) is 73.0 Å². The quantitative estimate of drug-likeness (QED) is 0.664. The van der Waals surface area contributed by atoms with Crippen molar-refractivity contribution < 1.29 is 4.79 Å². The first-order valence-electron chi connectivity index (χ1n) is 8.79. The number of rotatable bonds is 2. The van der Waals surface area contributed by atoms with Gasteiger partial charge in [0.15, 0.2) is 6.29 Å². The molecule has 0 fully saturated rings. The number of carbonyl (C=O) groups is 1. The molecule has 0 aliphatic carbocycles. The van der Waals surface area contributed by atoms with E-state index in [1.54, 1.807) is 18.5 Å². The van der Waals surface area contributed by atoms with E-state index in [0.717, 1.165) is 30.8 Å². The molecule has 0 saturated heterocycles. The predicted octanol–water partition coefficient (Wildman–Crippen LogP) is 1.97. The number of nitrogens with one attached hydrogen (secondary N) is 3. The van der Waals surface area contributed by atoms with E-state index in [0.29, 0.717) is 0 Å². The standard InChI is InChI=1S/C20H19N5O/c26-19-11-17(13-5-8-21-9-6-13)23-20(24-19)25-10-7-15-14-3-1-2-4-16(14)22-18(15)12-25/h1-6,8-9,11,20,22-23H,7,10,12H2,(H,24,26). The van der Waals surface area contributed by atoms with Gasteiger partial charge in [0, 0.05) is 59.4 Å². The van der Waals surface area contributed by atoms with E-state index in [9.17, 15) is 4.79 Å². The van der Waals surface area contributed by atoms with Crippen molar-refractivity contribution in [3.63, 3.8) is 0 Å². The van der Waals surface area contributed by atoms with Gasteiger partial charge in [-0.2, -0.15) is 0 Å². The van der Waals surface area contributed by atoms with E-state index >= 15 is 0 Å². The van der Waals surface area contributed by atoms with Crippen LogP contribution in [0.5, 0.6) is 0 Å². The maximum atomic E-state index is 12.2. The lowest BCUT2D eigenvalue weighted by Crippen LogP contribution is -2.59. The van der Waals surface area contributed by atoms with Gasteiger partial charge in [-0.25, -0.2) is 0 Å². The van der Waals surface area contributed by atoms with Crippen LogP contribution in [-0.4, -0.2) is 33.6 Å². The fourth-order valence-corrected chi connectivity index (χ4v) is 3.85. The highest BCUT2D eigenvalue weighted by molar-refractivity contribution is 5.96. The lowest BCUT2D eigenvalue weighted by Gasteiger charge is -2.38. The minimum atomic E-state index is -0.227. The van der Waals surface area contributed by atoms with E-state index in [1.165, 1.54) is 22.2 Å². The molecule has 5 rings (SSSR count). The third-order valence-electron chi connectivity index (χ3n) is 5.12. The number of aromatic amines is 1. The molecule has 2 aliphatic heterocycles. The molecule has 0 saturated carbocycles. The van der Waals surface area contributed by atoms with Gasteiger partial charge in [-0.15, -0.1) is 0 Å². The third kappa shape index (κ3) is 2.55. The highest BCUT2D eigenvalue weighted by Crippen LogP contribution is 2.28. The molecule has 3 aromatic rings. The van der Waals surface area contributed by atoms with Crippen molar-refractivity contribution in [1.82, 2.24) is 25.5 Å². The van der Waals surface area contributed by atoms with Gasteiger partial charge in [-0.05, 0) is 30.2 Å². The molecule has 2 aromatic heterocycles. The maximum absolute atomic E-state index is 12.2. The molecule has 2 aliphatic rings. The Balaban J connectivity index is 1.41. The number of amides is 1. The molecule has 6 heteroatoms. The summed E-state index contributed by atoms with van der Waals surface area (Å²) >= 11 is 0. The molecule has 0 radical (unpaired) electrons. The molecule has 1 atom stereocenters. The Bertz CT molecular complexity index is 1010. The Kier molecular flexibility index (Phi) is 3.50. The highest BCUT2D eigenvalue weighted by Gasteiger charge is 2.29. The van der Waals surface area contributed by atoms with Crippen molar-refractivity contribution in [2.45, 2.75) is 19.3 Å². The van der Waals surface area contributed by atoms with Gasteiger partial charge in [0.05, 0.1) is 0 Å². The Morgan fingerprint density at radius 3 is 2.81 bits per heavy atom. The van der Waals surface area contributed by atoms with Crippen LogP contribution >= 0.6 is 0 Å². The first kappa shape index (κ1) is 15.2. The van der Waals surface area contributed by atoms with E-state index in [1.807, 2.05) is 12.1 Å². The van der Waals surface area contributed by atoms with E-state index in [2.05, 4.69) is 49.8 Å². The Morgan fingerprint density at radius 2 is 1.92 bits per heavy atom. The molecule has 1 amide bonds. The summed E-state index contributed by atoms with van der Waals surface area (Å²) in [5.41, 5.74) is 5.58. The SMILES string of the molecule is O=C1C=C(c2ccncc2)NC(N2CCc3c([nH]c4ccccc34)C2)N1. The summed E-state index contributed by atoms with van der Waals surface area (Å²) in [6.45, 7) is 1.65. The maximum Gasteiger partial charge on any atom is 0.248 e. The van der Waals surface area contributed by atoms with Gasteiger partial charge < -0.3 is 15.6 Å². The molecule has 0 spiro atoms. The van der Waals surface area contributed by atoms with Crippen molar-refractivity contribution in [2.24, 2.45) is 0 Å². The zero-order valence-corrected chi connectivity index (χ0v) is 14.2. The zero-order chi connectivity index (χ0) is 17.5. The molecule has 26 heavy (non-hydrogen) atoms. The van der Waals surface area contributed by atoms with Crippen molar-refractivity contribution in [3.8, 4) is 0 Å². The largest absolute Gasteiger partial charge is 0.357 e. The normalized spacial score (nSPS) is 20.2. The fraction of sp³-hybridized carbons (Fsp3) is 0.200. The number of hydrogen-bond acceptors (Lipinski definition) is 4. The number of hydrogen-bond donors (Lipinski definition) is 3. The molecule has 6 nitrogen and oxygen atoms in total. The Hall–Kier alpha value is -3.12. The number of H-pyrrole nitrogens is 1. The third-order valence-corrected chi connectivity index (χ3v) is 5.12. The first-order valence-corrected chi connectivity index (χ1v) is 8.79. The van der Waals surface area contributed by atoms with Crippen LogP contribution in [0.4, 0.5) is 0 Å². The van der Waals surface area contributed by atoms with Crippen LogP contribution in [-0.2, 0) is 17.8 Å². The number of pyridine rings is 1. The summed E-state index contributed by atoms with van der Waals surface area (Å²) in [5.74, 6) is -0.0805. The number of nitrogens with zero attached hydrogens (tertiary/aromatic N) is 2. The van der Waals surface area contributed by atoms with Crippen LogP contribution in [0.3, 0.4) is 0 Å². The van der Waals surface area contributed by atoms with Crippen LogP contribution in [0, 0.1) is 0 Å². The van der Waals surface area contributed by atoms with Crippen molar-refractivity contribution in [2.75, 3.05) is 6.54 Å². The smallest absolute Gasteiger partial charge is 0.248 e. The molecule has 130 valence electrons. The van der Waals surface area contributed by atoms with Crippen molar-refractivity contribution >= 4 is 22.5 Å². The lowest BCUT2D eigenvalue weighted by atomic mass is 10.0. The second-order valence-electron chi connectivity index (χ2n) is 6.70. The summed E-state index contributed by atoms with van der Waals surface area (Å²) in [5, 5.41) is 7.77. The Labute approximate surface area is 150 Å². The van der Waals surface area contributed by atoms with Gasteiger partial charge in [-0.1, -0.05) is 18.2 Å². The van der Waals surface area contributed by atoms with Crippen LogP contribution < -0.4 is 10.6 Å². The van der Waals surface area contributed by atoms with E-state index in [4.69, 9.17) is 0 Å². The zero-order valence-electron chi connectivity index (χ0n) is 14.2. The summed E-state index contributed by atoms with van der Waals surface area (Å²) in [4.78, 5) is 22.0. The predicted molar refractivity (Wildman–Crippen MR) is 99.7 cm³/mol. The highest BCUT2D eigenvalue weighted by atomic mass is 16.2. The molecule has 1 aromatic carbocycles. The first-order chi connectivity index (χ1) is 12.8. The number of aromatic nitrogens is 2. The summed E-state index contributed by atoms with van der Waals surface area (Å²) in [7, 11) is 0. The van der Waals surface area contributed by atoms with E-state index < -0.39 is 0 Å². The summed E-state index contributed by atoms with van der Waals surface area (Å²) in [6.07, 6.45) is 5.80. The van der Waals surface area contributed by atoms with Crippen LogP contribution in [0.2, 0.25) is 0 Å². The summed E-state index contributed by atoms with van der Waals surface area (Å²) < 4.78 is 0. The van der Waals surface area contributed by atoms with Gasteiger partial charge in [-0.3, -0.25) is 14.7 Å². The number of benzene rings is 1. The average Bonchev–Trinajstić information content (AvgIpc) is 3.06. The molecular weight excluding hydrogens is 326 g/mol. The molecule has 1 unspecified atom stereocenters. The van der Waals surface area contributed by atoms with Gasteiger partial charge in [0.25, 0.3) is 0 Å². The van der Waals surface area contributed by atoms with Gasteiger partial charge in [0.1, 0.15) is 0 Å². The van der Waals surface area contributed by atoms with Crippen LogP contribution in [0.1, 0.15) is 16.8 Å². The van der Waals surface area contributed by atoms with Crippen LogP contribution in [0.15, 0.2) is 54.9 Å². The molecule has 3 N–H and O–H groups in total. The minimum Gasteiger partial charge on any atom is -0.357 e. The molecular formula is C20H19N5O. The number of para-hydroxylation sites is 1. The minimum absolute atomic E-state index is 0.0805. The second kappa shape index (κ2) is 6.00. The molecule has 4 heterocycles. The second-order valence-corrected chi connectivity index (χ2v) is 6.70. The van der Waals surface area contributed by atoms with Crippen molar-refractivity contribution in [1.29, 1.82) is 0 Å². The van der Waals surface area contributed by atoms with Gasteiger partial charge in [0.2, 0.25) is 5.91 Å². The number of fused-ring (bicyclic) bond motifs is 3. The molecule has 0 bridgehead atoms. The monoisotopic (exact) mass is 345 g/mol. The van der Waals surface area contributed by atoms with Crippen LogP contribution in [0.25, 0.3) is 16.6 Å². The van der Waals surface area contributed by atoms with Crippen molar-refractivity contribution in [3.05, 3.63) is 71.7 Å². The summed E-state index contributed by atoms with van der Waals surface area (Å²) in [6, 6.07) is 12.2. The average molecular weight is 345 g/mol. The number of carbonyl (C=O) groups excluding carboxylic acids is 1. The lowest BCUT2D eigenvalue weighted by molar-refractivity contribution is -0.119. The Morgan fingerprint density at radius 1 is 1.08 bits per heavy atom.